The molecule has 0 amide bonds. The summed E-state index contributed by atoms with van der Waals surface area (Å²) in [5.74, 6) is 1.50. The van der Waals surface area contributed by atoms with Crippen molar-refractivity contribution in [2.75, 3.05) is 13.7 Å². The zero-order valence-corrected chi connectivity index (χ0v) is 10.8. The fraction of sp³-hybridized carbons (Fsp3) is 0.462. The molecule has 1 aromatic rings. The zero-order chi connectivity index (χ0) is 12.3. The van der Waals surface area contributed by atoms with E-state index in [1.807, 2.05) is 18.2 Å². The van der Waals surface area contributed by atoms with Gasteiger partial charge in [-0.3, -0.25) is 0 Å². The molecule has 0 spiro atoms. The lowest BCUT2D eigenvalue weighted by Gasteiger charge is -2.10. The van der Waals surface area contributed by atoms with Gasteiger partial charge in [-0.25, -0.2) is 0 Å². The van der Waals surface area contributed by atoms with Gasteiger partial charge in [0, 0.05) is 6.61 Å². The van der Waals surface area contributed by atoms with E-state index in [4.69, 9.17) is 27.4 Å². The van der Waals surface area contributed by atoms with E-state index in [2.05, 4.69) is 0 Å². The highest BCUT2D eigenvalue weighted by Crippen LogP contribution is 2.29. The number of rotatable bonds is 6. The maximum atomic E-state index is 5.62. The number of hydrogen-bond acceptors (Lipinski definition) is 3. The van der Waals surface area contributed by atoms with E-state index < -0.39 is 0 Å². The number of thiocarbonyl (C=S) groups is 1. The van der Waals surface area contributed by atoms with Crippen molar-refractivity contribution in [3.8, 4) is 5.75 Å². The Labute approximate surface area is 107 Å². The first-order chi connectivity index (χ1) is 8.20. The molecule has 0 bridgehead atoms. The first-order valence-corrected chi connectivity index (χ1v) is 6.16. The molecule has 0 saturated heterocycles. The summed E-state index contributed by atoms with van der Waals surface area (Å²) in [4.78, 5) is 0.354. The lowest BCUT2D eigenvalue weighted by atomic mass is 10.1. The van der Waals surface area contributed by atoms with Crippen LogP contribution in [0.15, 0.2) is 18.2 Å². The Morgan fingerprint density at radius 1 is 1.47 bits per heavy atom. The third-order valence-electron chi connectivity index (χ3n) is 2.85. The van der Waals surface area contributed by atoms with Gasteiger partial charge in [0.1, 0.15) is 10.7 Å². The molecular formula is C13H17NO2S. The van der Waals surface area contributed by atoms with Crippen LogP contribution in [0.5, 0.6) is 5.75 Å². The average Bonchev–Trinajstić information content (AvgIpc) is 3.12. The molecule has 1 aromatic carbocycles. The predicted molar refractivity (Wildman–Crippen MR) is 71.3 cm³/mol. The summed E-state index contributed by atoms with van der Waals surface area (Å²) in [5, 5.41) is 0. The second-order valence-electron chi connectivity index (χ2n) is 4.36. The van der Waals surface area contributed by atoms with Crippen LogP contribution in [-0.4, -0.2) is 18.7 Å². The van der Waals surface area contributed by atoms with Crippen LogP contribution in [-0.2, 0) is 11.3 Å². The Bertz CT molecular complexity index is 416. The molecule has 1 fully saturated rings. The molecule has 0 heterocycles. The number of nitrogens with two attached hydrogens (primary N) is 1. The van der Waals surface area contributed by atoms with E-state index in [1.165, 1.54) is 12.8 Å². The normalized spacial score (nSPS) is 14.6. The Morgan fingerprint density at radius 2 is 2.24 bits per heavy atom. The lowest BCUT2D eigenvalue weighted by Crippen LogP contribution is -2.11. The number of methoxy groups -OCH3 is 1. The molecule has 1 aliphatic carbocycles. The van der Waals surface area contributed by atoms with Gasteiger partial charge >= 0.3 is 0 Å². The number of hydrogen-bond donors (Lipinski definition) is 1. The van der Waals surface area contributed by atoms with Gasteiger partial charge in [0.15, 0.2) is 0 Å². The molecule has 4 heteroatoms. The molecule has 92 valence electrons. The first-order valence-electron chi connectivity index (χ1n) is 5.75. The third kappa shape index (κ3) is 3.41. The molecular weight excluding hydrogens is 234 g/mol. The summed E-state index contributed by atoms with van der Waals surface area (Å²) >= 11 is 4.96. The minimum Gasteiger partial charge on any atom is -0.496 e. The predicted octanol–water partition coefficient (Wildman–Crippen LogP) is 2.26. The van der Waals surface area contributed by atoms with Crippen molar-refractivity contribution in [2.45, 2.75) is 19.4 Å². The molecule has 0 aromatic heterocycles. The summed E-state index contributed by atoms with van der Waals surface area (Å²) in [6, 6.07) is 5.79. The fourth-order valence-corrected chi connectivity index (χ4v) is 1.83. The van der Waals surface area contributed by atoms with Crippen LogP contribution >= 0.6 is 12.2 Å². The highest BCUT2D eigenvalue weighted by Gasteiger charge is 2.21. The summed E-state index contributed by atoms with van der Waals surface area (Å²) in [6.07, 6.45) is 2.62. The molecule has 17 heavy (non-hydrogen) atoms. The van der Waals surface area contributed by atoms with E-state index in [9.17, 15) is 0 Å². The molecule has 1 saturated carbocycles. The average molecular weight is 251 g/mol. The Balaban J connectivity index is 1.99. The first kappa shape index (κ1) is 12.3. The van der Waals surface area contributed by atoms with E-state index in [0.29, 0.717) is 17.3 Å². The highest BCUT2D eigenvalue weighted by molar-refractivity contribution is 7.80. The molecule has 0 atom stereocenters. The van der Waals surface area contributed by atoms with Gasteiger partial charge in [-0.15, -0.1) is 0 Å². The zero-order valence-electron chi connectivity index (χ0n) is 9.94. The molecule has 2 N–H and O–H groups in total. The topological polar surface area (TPSA) is 44.5 Å². The third-order valence-corrected chi connectivity index (χ3v) is 3.07. The Kier molecular flexibility index (Phi) is 3.97. The maximum absolute atomic E-state index is 5.62. The summed E-state index contributed by atoms with van der Waals surface area (Å²) in [6.45, 7) is 1.48. The van der Waals surface area contributed by atoms with Crippen molar-refractivity contribution in [1.82, 2.24) is 0 Å². The van der Waals surface area contributed by atoms with Gasteiger partial charge in [-0.1, -0.05) is 18.3 Å². The molecule has 0 radical (unpaired) electrons. The Hall–Kier alpha value is -1.13. The van der Waals surface area contributed by atoms with Crippen LogP contribution < -0.4 is 10.5 Å². The van der Waals surface area contributed by atoms with Crippen LogP contribution in [0.4, 0.5) is 0 Å². The largest absolute Gasteiger partial charge is 0.496 e. The second kappa shape index (κ2) is 5.47. The van der Waals surface area contributed by atoms with Crippen molar-refractivity contribution < 1.29 is 9.47 Å². The molecule has 1 aliphatic rings. The molecule has 0 aliphatic heterocycles. The lowest BCUT2D eigenvalue weighted by molar-refractivity contribution is 0.111. The van der Waals surface area contributed by atoms with E-state index in [0.717, 1.165) is 23.7 Å². The minimum atomic E-state index is 0.354. The fourth-order valence-electron chi connectivity index (χ4n) is 1.66. The van der Waals surface area contributed by atoms with Crippen LogP contribution in [0.3, 0.4) is 0 Å². The van der Waals surface area contributed by atoms with Crippen molar-refractivity contribution in [3.05, 3.63) is 29.3 Å². The van der Waals surface area contributed by atoms with E-state index >= 15 is 0 Å². The van der Waals surface area contributed by atoms with Crippen molar-refractivity contribution >= 4 is 17.2 Å². The van der Waals surface area contributed by atoms with Crippen LogP contribution in [0.1, 0.15) is 24.0 Å². The number of ether oxygens (including phenoxy) is 2. The van der Waals surface area contributed by atoms with Crippen LogP contribution in [0, 0.1) is 5.92 Å². The second-order valence-corrected chi connectivity index (χ2v) is 4.80. The summed E-state index contributed by atoms with van der Waals surface area (Å²) in [7, 11) is 1.62. The summed E-state index contributed by atoms with van der Waals surface area (Å²) < 4.78 is 10.9. The van der Waals surface area contributed by atoms with E-state index in [1.54, 1.807) is 7.11 Å². The van der Waals surface area contributed by atoms with Crippen molar-refractivity contribution in [3.63, 3.8) is 0 Å². The minimum absolute atomic E-state index is 0.354. The van der Waals surface area contributed by atoms with E-state index in [-0.39, 0.29) is 0 Å². The SMILES string of the molecule is COc1cc(COCC2CC2)ccc1C(N)=S. The molecule has 3 nitrogen and oxygen atoms in total. The number of benzene rings is 1. The van der Waals surface area contributed by atoms with Gasteiger partial charge in [0.05, 0.1) is 19.3 Å². The smallest absolute Gasteiger partial charge is 0.129 e. The molecule has 2 rings (SSSR count). The van der Waals surface area contributed by atoms with Crippen LogP contribution in [0.25, 0.3) is 0 Å². The highest BCUT2D eigenvalue weighted by atomic mass is 32.1. The maximum Gasteiger partial charge on any atom is 0.129 e. The van der Waals surface area contributed by atoms with Gasteiger partial charge in [-0.05, 0) is 36.5 Å². The monoisotopic (exact) mass is 251 g/mol. The summed E-state index contributed by atoms with van der Waals surface area (Å²) in [5.41, 5.74) is 7.47. The van der Waals surface area contributed by atoms with Gasteiger partial charge in [0.2, 0.25) is 0 Å². The van der Waals surface area contributed by atoms with Crippen LogP contribution in [0.2, 0.25) is 0 Å². The quantitative estimate of drug-likeness (QED) is 0.788. The molecule has 0 unspecified atom stereocenters. The van der Waals surface area contributed by atoms with Gasteiger partial charge in [0.25, 0.3) is 0 Å². The van der Waals surface area contributed by atoms with Crippen molar-refractivity contribution in [2.24, 2.45) is 11.7 Å². The van der Waals surface area contributed by atoms with Crippen molar-refractivity contribution in [1.29, 1.82) is 0 Å². The standard InChI is InChI=1S/C13H17NO2S/c1-15-12-6-10(4-5-11(12)13(14)17)8-16-7-9-2-3-9/h4-6,9H,2-3,7-8H2,1H3,(H2,14,17). The van der Waals surface area contributed by atoms with Gasteiger partial charge in [-0.2, -0.15) is 0 Å². The van der Waals surface area contributed by atoms with Gasteiger partial charge < -0.3 is 15.2 Å². The Morgan fingerprint density at radius 3 is 2.82 bits per heavy atom.